The van der Waals surface area contributed by atoms with E-state index in [-0.39, 0.29) is 0 Å². The molecule has 0 atom stereocenters. The molecule has 2 aliphatic rings. The lowest BCUT2D eigenvalue weighted by Gasteiger charge is -2.48. The first-order chi connectivity index (χ1) is 7.06. The lowest BCUT2D eigenvalue weighted by atomic mass is 9.56. The predicted octanol–water partition coefficient (Wildman–Crippen LogP) is 4.87. The molecule has 0 aromatic rings. The van der Waals surface area contributed by atoms with E-state index < -0.39 is 0 Å². The van der Waals surface area contributed by atoms with Gasteiger partial charge in [-0.2, -0.15) is 0 Å². The predicted molar refractivity (Wildman–Crippen MR) is 66.8 cm³/mol. The maximum atomic E-state index is 2.45. The van der Waals surface area contributed by atoms with Gasteiger partial charge in [-0.3, -0.25) is 0 Å². The van der Waals surface area contributed by atoms with Gasteiger partial charge in [0.1, 0.15) is 0 Å². The molecule has 1 saturated carbocycles. The van der Waals surface area contributed by atoms with Crippen molar-refractivity contribution in [3.8, 4) is 0 Å². The van der Waals surface area contributed by atoms with Crippen LogP contribution in [0, 0.1) is 10.8 Å². The summed E-state index contributed by atoms with van der Waals surface area (Å²) in [5.41, 5.74) is 2.52. The molecule has 0 unspecified atom stereocenters. The van der Waals surface area contributed by atoms with Gasteiger partial charge in [0.15, 0.2) is 0 Å². The maximum Gasteiger partial charge on any atom is -0.000167 e. The van der Waals surface area contributed by atoms with Crippen LogP contribution < -0.4 is 0 Å². The molecular formula is C15H24. The Morgan fingerprint density at radius 1 is 1.07 bits per heavy atom. The molecule has 0 bridgehead atoms. The van der Waals surface area contributed by atoms with Gasteiger partial charge in [0.25, 0.3) is 0 Å². The van der Waals surface area contributed by atoms with E-state index >= 15 is 0 Å². The molecule has 0 amide bonds. The van der Waals surface area contributed by atoms with E-state index in [4.69, 9.17) is 0 Å². The fourth-order valence-electron chi connectivity index (χ4n) is 3.44. The lowest BCUT2D eigenvalue weighted by molar-refractivity contribution is 0.0835. The van der Waals surface area contributed by atoms with Crippen LogP contribution in [0.25, 0.3) is 0 Å². The zero-order valence-electron chi connectivity index (χ0n) is 10.5. The van der Waals surface area contributed by atoms with Crippen LogP contribution in [-0.4, -0.2) is 0 Å². The minimum absolute atomic E-state index is 0.411. The van der Waals surface area contributed by atoms with Crippen LogP contribution in [0.15, 0.2) is 23.8 Å². The Morgan fingerprint density at radius 3 is 2.20 bits per heavy atom. The molecule has 0 heterocycles. The van der Waals surface area contributed by atoms with Gasteiger partial charge in [0.2, 0.25) is 0 Å². The minimum Gasteiger partial charge on any atom is -0.0804 e. The second-order valence-electron chi connectivity index (χ2n) is 6.19. The van der Waals surface area contributed by atoms with Crippen LogP contribution in [0.1, 0.15) is 59.3 Å². The second-order valence-corrected chi connectivity index (χ2v) is 6.19. The smallest absolute Gasteiger partial charge is 0.000167 e. The van der Waals surface area contributed by atoms with Gasteiger partial charge in [0, 0.05) is 0 Å². The van der Waals surface area contributed by atoms with E-state index in [0.717, 1.165) is 6.42 Å². The normalized spacial score (nSPS) is 25.4. The third-order valence-electron chi connectivity index (χ3n) is 4.47. The molecule has 2 aliphatic carbocycles. The minimum atomic E-state index is 0.411. The zero-order chi connectivity index (χ0) is 10.9. The molecule has 0 aromatic heterocycles. The van der Waals surface area contributed by atoms with Crippen molar-refractivity contribution in [3.05, 3.63) is 23.8 Å². The van der Waals surface area contributed by atoms with E-state index in [2.05, 4.69) is 39.0 Å². The van der Waals surface area contributed by atoms with Crippen molar-refractivity contribution in [2.24, 2.45) is 10.8 Å². The van der Waals surface area contributed by atoms with Gasteiger partial charge in [-0.1, -0.05) is 58.3 Å². The Bertz CT molecular complexity index is 280. The molecule has 15 heavy (non-hydrogen) atoms. The molecule has 0 aliphatic heterocycles. The molecule has 0 aromatic carbocycles. The average Bonchev–Trinajstić information content (AvgIpc) is 2.70. The third kappa shape index (κ3) is 1.79. The quantitative estimate of drug-likeness (QED) is 0.571. The van der Waals surface area contributed by atoms with Crippen molar-refractivity contribution >= 4 is 0 Å². The highest BCUT2D eigenvalue weighted by molar-refractivity contribution is 5.34. The summed E-state index contributed by atoms with van der Waals surface area (Å²) >= 11 is 0. The van der Waals surface area contributed by atoms with Crippen LogP contribution >= 0.6 is 0 Å². The van der Waals surface area contributed by atoms with Crippen molar-refractivity contribution in [2.75, 3.05) is 0 Å². The van der Waals surface area contributed by atoms with Gasteiger partial charge in [-0.15, -0.1) is 0 Å². The Balaban J connectivity index is 2.33. The van der Waals surface area contributed by atoms with E-state index in [1.165, 1.54) is 32.1 Å². The van der Waals surface area contributed by atoms with Crippen molar-refractivity contribution in [2.45, 2.75) is 59.3 Å². The van der Waals surface area contributed by atoms with E-state index in [1.54, 1.807) is 5.57 Å². The van der Waals surface area contributed by atoms with E-state index in [9.17, 15) is 0 Å². The molecule has 2 rings (SSSR count). The monoisotopic (exact) mass is 204 g/mol. The van der Waals surface area contributed by atoms with E-state index in [0.29, 0.717) is 10.8 Å². The number of hydrogen-bond donors (Lipinski definition) is 0. The van der Waals surface area contributed by atoms with Crippen LogP contribution in [-0.2, 0) is 0 Å². The molecule has 0 heteroatoms. The highest BCUT2D eigenvalue weighted by Gasteiger charge is 2.44. The van der Waals surface area contributed by atoms with Gasteiger partial charge in [-0.05, 0) is 35.7 Å². The van der Waals surface area contributed by atoms with E-state index in [1.807, 2.05) is 0 Å². The maximum absolute atomic E-state index is 2.45. The summed E-state index contributed by atoms with van der Waals surface area (Å²) in [4.78, 5) is 0. The molecule has 0 nitrogen and oxygen atoms in total. The second kappa shape index (κ2) is 3.81. The highest BCUT2D eigenvalue weighted by Crippen LogP contribution is 2.55. The Labute approximate surface area is 94.5 Å². The van der Waals surface area contributed by atoms with Crippen molar-refractivity contribution < 1.29 is 0 Å². The van der Waals surface area contributed by atoms with Gasteiger partial charge in [-0.25, -0.2) is 0 Å². The fourth-order valence-corrected chi connectivity index (χ4v) is 3.44. The Hall–Kier alpha value is -0.520. The average molecular weight is 204 g/mol. The van der Waals surface area contributed by atoms with Crippen molar-refractivity contribution in [1.82, 2.24) is 0 Å². The Morgan fingerprint density at radius 2 is 1.73 bits per heavy atom. The topological polar surface area (TPSA) is 0 Å². The SMILES string of the molecule is CC(C)(C)C1(C2=CCC=C2)CCCCC1. The van der Waals surface area contributed by atoms with Gasteiger partial charge < -0.3 is 0 Å². The summed E-state index contributed by atoms with van der Waals surface area (Å²) < 4.78 is 0. The summed E-state index contributed by atoms with van der Waals surface area (Å²) in [6.45, 7) is 7.27. The van der Waals surface area contributed by atoms with Crippen LogP contribution in [0.5, 0.6) is 0 Å². The van der Waals surface area contributed by atoms with Crippen LogP contribution in [0.2, 0.25) is 0 Å². The number of rotatable bonds is 1. The number of allylic oxidation sites excluding steroid dienone is 4. The first-order valence-electron chi connectivity index (χ1n) is 6.43. The summed E-state index contributed by atoms with van der Waals surface area (Å²) in [6, 6.07) is 0. The van der Waals surface area contributed by atoms with Gasteiger partial charge in [0.05, 0.1) is 0 Å². The zero-order valence-corrected chi connectivity index (χ0v) is 10.5. The van der Waals surface area contributed by atoms with Crippen LogP contribution in [0.3, 0.4) is 0 Å². The third-order valence-corrected chi connectivity index (χ3v) is 4.47. The van der Waals surface area contributed by atoms with Crippen molar-refractivity contribution in [3.63, 3.8) is 0 Å². The largest absolute Gasteiger partial charge is 0.0804 e. The van der Waals surface area contributed by atoms with Gasteiger partial charge >= 0.3 is 0 Å². The standard InChI is InChI=1S/C15H24/c1-14(2,3)15(11-7-4-8-12-15)13-9-5-6-10-13/h5,9-10H,4,6-8,11-12H2,1-3H3. The summed E-state index contributed by atoms with van der Waals surface area (Å²) in [5.74, 6) is 0. The molecule has 0 saturated heterocycles. The highest BCUT2D eigenvalue weighted by atomic mass is 14.5. The summed E-state index contributed by atoms with van der Waals surface area (Å²) in [6.07, 6.45) is 15.4. The molecule has 0 N–H and O–H groups in total. The molecule has 0 radical (unpaired) electrons. The fraction of sp³-hybridized carbons (Fsp3) is 0.733. The first-order valence-corrected chi connectivity index (χ1v) is 6.43. The lowest BCUT2D eigenvalue weighted by Crippen LogP contribution is -2.38. The molecular weight excluding hydrogens is 180 g/mol. The molecule has 84 valence electrons. The Kier molecular flexibility index (Phi) is 2.79. The first kappa shape index (κ1) is 11.0. The van der Waals surface area contributed by atoms with Crippen molar-refractivity contribution in [1.29, 1.82) is 0 Å². The summed E-state index contributed by atoms with van der Waals surface area (Å²) in [7, 11) is 0. The van der Waals surface area contributed by atoms with Crippen LogP contribution in [0.4, 0.5) is 0 Å². The molecule has 1 fully saturated rings. The number of hydrogen-bond acceptors (Lipinski definition) is 0. The summed E-state index contributed by atoms with van der Waals surface area (Å²) in [5, 5.41) is 0. The molecule has 0 spiro atoms.